The lowest BCUT2D eigenvalue weighted by Gasteiger charge is -2.03. The minimum absolute atomic E-state index is 0.0543. The van der Waals surface area contributed by atoms with Crippen molar-refractivity contribution in [1.29, 1.82) is 0 Å². The monoisotopic (exact) mass is 231 g/mol. The van der Waals surface area contributed by atoms with Crippen molar-refractivity contribution in [2.45, 2.75) is 6.92 Å². The number of aromatic nitrogens is 1. The molecule has 0 spiro atoms. The number of rotatable bonds is 2. The number of carbonyl (C=O) groups excluding carboxylic acids is 1. The van der Waals surface area contributed by atoms with Crippen LogP contribution < -0.4 is 0 Å². The maximum Gasteiger partial charge on any atom is 0.159 e. The van der Waals surface area contributed by atoms with Gasteiger partial charge in [0.15, 0.2) is 5.78 Å². The summed E-state index contributed by atoms with van der Waals surface area (Å²) in [6.45, 7) is 1.54. The smallest absolute Gasteiger partial charge is 0.159 e. The van der Waals surface area contributed by atoms with Gasteiger partial charge < -0.3 is 0 Å². The molecule has 0 saturated heterocycles. The summed E-state index contributed by atoms with van der Waals surface area (Å²) in [7, 11) is 0. The number of halogens is 1. The molecule has 0 atom stereocenters. The van der Waals surface area contributed by atoms with Crippen molar-refractivity contribution in [1.82, 2.24) is 4.98 Å². The minimum Gasteiger partial charge on any atom is -0.295 e. The van der Waals surface area contributed by atoms with E-state index in [1.165, 1.54) is 0 Å². The average Bonchev–Trinajstić information content (AvgIpc) is 2.30. The van der Waals surface area contributed by atoms with Gasteiger partial charge in [0.2, 0.25) is 0 Å². The fourth-order valence-corrected chi connectivity index (χ4v) is 1.69. The molecule has 0 aliphatic rings. The highest BCUT2D eigenvalue weighted by Gasteiger charge is 2.05. The van der Waals surface area contributed by atoms with Crippen LogP contribution in [0.15, 0.2) is 42.6 Å². The third-order valence-electron chi connectivity index (χ3n) is 2.32. The van der Waals surface area contributed by atoms with Gasteiger partial charge in [0.1, 0.15) is 0 Å². The zero-order valence-electron chi connectivity index (χ0n) is 8.77. The van der Waals surface area contributed by atoms with Gasteiger partial charge in [-0.3, -0.25) is 9.78 Å². The van der Waals surface area contributed by atoms with E-state index in [2.05, 4.69) is 4.98 Å². The van der Waals surface area contributed by atoms with E-state index in [-0.39, 0.29) is 5.78 Å². The topological polar surface area (TPSA) is 30.0 Å². The van der Waals surface area contributed by atoms with E-state index >= 15 is 0 Å². The maximum atomic E-state index is 11.1. The van der Waals surface area contributed by atoms with E-state index in [0.717, 1.165) is 11.3 Å². The number of carbonyl (C=O) groups is 1. The molecule has 0 N–H and O–H groups in total. The first-order chi connectivity index (χ1) is 7.68. The van der Waals surface area contributed by atoms with Crippen LogP contribution in [-0.4, -0.2) is 10.8 Å². The predicted molar refractivity (Wildman–Crippen MR) is 64.7 cm³/mol. The molecule has 0 aliphatic heterocycles. The number of ketones is 1. The second-order valence-corrected chi connectivity index (χ2v) is 3.87. The molecule has 1 aromatic heterocycles. The summed E-state index contributed by atoms with van der Waals surface area (Å²) >= 11 is 6.03. The molecule has 2 aromatic rings. The molecular weight excluding hydrogens is 222 g/mol. The van der Waals surface area contributed by atoms with Gasteiger partial charge in [0, 0.05) is 17.3 Å². The van der Waals surface area contributed by atoms with E-state index in [4.69, 9.17) is 11.6 Å². The normalized spacial score (nSPS) is 10.1. The molecular formula is C13H10ClNO. The molecule has 0 radical (unpaired) electrons. The fraction of sp³-hybridized carbons (Fsp3) is 0.0769. The number of nitrogens with zero attached hydrogens (tertiary/aromatic N) is 1. The zero-order valence-corrected chi connectivity index (χ0v) is 9.53. The number of pyridine rings is 1. The Bertz CT molecular complexity index is 520. The van der Waals surface area contributed by atoms with E-state index < -0.39 is 0 Å². The summed E-state index contributed by atoms with van der Waals surface area (Å²) in [4.78, 5) is 15.3. The highest BCUT2D eigenvalue weighted by atomic mass is 35.5. The third kappa shape index (κ3) is 2.12. The third-order valence-corrected chi connectivity index (χ3v) is 2.63. The van der Waals surface area contributed by atoms with Crippen LogP contribution in [0.1, 0.15) is 17.3 Å². The molecule has 0 fully saturated rings. The quantitative estimate of drug-likeness (QED) is 0.739. The SMILES string of the molecule is CC(=O)c1ccc(-c2ncccc2Cl)cc1. The van der Waals surface area contributed by atoms with E-state index in [0.29, 0.717) is 10.6 Å². The molecule has 0 saturated carbocycles. The molecule has 0 amide bonds. The number of hydrogen-bond acceptors (Lipinski definition) is 2. The maximum absolute atomic E-state index is 11.1. The van der Waals surface area contributed by atoms with Crippen molar-refractivity contribution in [3.05, 3.63) is 53.2 Å². The largest absolute Gasteiger partial charge is 0.295 e. The standard InChI is InChI=1S/C13H10ClNO/c1-9(16)10-4-6-11(7-5-10)13-12(14)3-2-8-15-13/h2-8H,1H3. The minimum atomic E-state index is 0.0543. The van der Waals surface area contributed by atoms with Crippen LogP contribution in [0.2, 0.25) is 5.02 Å². The van der Waals surface area contributed by atoms with Gasteiger partial charge in [0.25, 0.3) is 0 Å². The van der Waals surface area contributed by atoms with Crippen molar-refractivity contribution < 1.29 is 4.79 Å². The molecule has 0 aliphatic carbocycles. The first kappa shape index (κ1) is 10.8. The van der Waals surface area contributed by atoms with Crippen molar-refractivity contribution in [2.24, 2.45) is 0 Å². The van der Waals surface area contributed by atoms with Crippen molar-refractivity contribution in [2.75, 3.05) is 0 Å². The lowest BCUT2D eigenvalue weighted by molar-refractivity contribution is 0.101. The predicted octanol–water partition coefficient (Wildman–Crippen LogP) is 3.60. The molecule has 16 heavy (non-hydrogen) atoms. The summed E-state index contributed by atoms with van der Waals surface area (Å²) < 4.78 is 0. The Morgan fingerprint density at radius 1 is 1.19 bits per heavy atom. The Kier molecular flexibility index (Phi) is 3.02. The van der Waals surface area contributed by atoms with Gasteiger partial charge in [-0.15, -0.1) is 0 Å². The number of hydrogen-bond donors (Lipinski definition) is 0. The summed E-state index contributed by atoms with van der Waals surface area (Å²) in [5.74, 6) is 0.0543. The molecule has 1 heterocycles. The van der Waals surface area contributed by atoms with E-state index in [1.54, 1.807) is 37.4 Å². The van der Waals surface area contributed by atoms with E-state index in [9.17, 15) is 4.79 Å². The van der Waals surface area contributed by atoms with Crippen molar-refractivity contribution >= 4 is 17.4 Å². The molecule has 80 valence electrons. The van der Waals surface area contributed by atoms with Crippen LogP contribution in [-0.2, 0) is 0 Å². The highest BCUT2D eigenvalue weighted by Crippen LogP contribution is 2.25. The van der Waals surface area contributed by atoms with Crippen molar-refractivity contribution in [3.8, 4) is 11.3 Å². The molecule has 0 unspecified atom stereocenters. The van der Waals surface area contributed by atoms with Crippen LogP contribution in [0, 0.1) is 0 Å². The summed E-state index contributed by atoms with van der Waals surface area (Å²) in [6.07, 6.45) is 1.69. The van der Waals surface area contributed by atoms with Gasteiger partial charge in [-0.2, -0.15) is 0 Å². The summed E-state index contributed by atoms with van der Waals surface area (Å²) in [5.41, 5.74) is 2.34. The fourth-order valence-electron chi connectivity index (χ4n) is 1.46. The first-order valence-electron chi connectivity index (χ1n) is 4.90. The Morgan fingerprint density at radius 2 is 1.88 bits per heavy atom. The molecule has 2 nitrogen and oxygen atoms in total. The number of benzene rings is 1. The first-order valence-corrected chi connectivity index (χ1v) is 5.28. The van der Waals surface area contributed by atoms with Crippen LogP contribution in [0.25, 0.3) is 11.3 Å². The Labute approximate surface area is 98.9 Å². The van der Waals surface area contributed by atoms with Crippen LogP contribution in [0.3, 0.4) is 0 Å². The second-order valence-electron chi connectivity index (χ2n) is 3.47. The second kappa shape index (κ2) is 4.45. The van der Waals surface area contributed by atoms with E-state index in [1.807, 2.05) is 12.1 Å². The lowest BCUT2D eigenvalue weighted by Crippen LogP contribution is -1.91. The lowest BCUT2D eigenvalue weighted by atomic mass is 10.1. The number of Topliss-reactive ketones (excluding diaryl/α,β-unsaturated/α-hetero) is 1. The highest BCUT2D eigenvalue weighted by molar-refractivity contribution is 6.33. The summed E-state index contributed by atoms with van der Waals surface area (Å²) in [6, 6.07) is 10.8. The average molecular weight is 232 g/mol. The van der Waals surface area contributed by atoms with Crippen LogP contribution >= 0.6 is 11.6 Å². The molecule has 3 heteroatoms. The Hall–Kier alpha value is -1.67. The summed E-state index contributed by atoms with van der Waals surface area (Å²) in [5, 5.41) is 0.609. The van der Waals surface area contributed by atoms with Gasteiger partial charge >= 0.3 is 0 Å². The molecule has 2 rings (SSSR count). The molecule has 0 bridgehead atoms. The Balaban J connectivity index is 2.43. The van der Waals surface area contributed by atoms with Gasteiger partial charge in [-0.1, -0.05) is 35.9 Å². The van der Waals surface area contributed by atoms with Gasteiger partial charge in [0.05, 0.1) is 10.7 Å². The van der Waals surface area contributed by atoms with Crippen LogP contribution in [0.4, 0.5) is 0 Å². The van der Waals surface area contributed by atoms with Crippen molar-refractivity contribution in [3.63, 3.8) is 0 Å². The van der Waals surface area contributed by atoms with Gasteiger partial charge in [-0.25, -0.2) is 0 Å². The zero-order chi connectivity index (χ0) is 11.5. The van der Waals surface area contributed by atoms with Crippen LogP contribution in [0.5, 0.6) is 0 Å². The Morgan fingerprint density at radius 3 is 2.44 bits per heavy atom. The molecule has 1 aromatic carbocycles. The van der Waals surface area contributed by atoms with Gasteiger partial charge in [-0.05, 0) is 19.1 Å².